The van der Waals surface area contributed by atoms with Crippen LogP contribution in [0.4, 0.5) is 0 Å². The van der Waals surface area contributed by atoms with Gasteiger partial charge in [-0.3, -0.25) is 0 Å². The maximum atomic E-state index is 3.46. The molecule has 74 valence electrons. The van der Waals surface area contributed by atoms with Crippen molar-refractivity contribution < 1.29 is 0 Å². The van der Waals surface area contributed by atoms with Crippen LogP contribution in [0.5, 0.6) is 0 Å². The maximum absolute atomic E-state index is 3.46. The number of aromatic nitrogens is 1. The highest BCUT2D eigenvalue weighted by Crippen LogP contribution is 2.26. The van der Waals surface area contributed by atoms with Crippen molar-refractivity contribution in [2.75, 3.05) is 7.05 Å². The zero-order valence-electron chi connectivity index (χ0n) is 8.26. The van der Waals surface area contributed by atoms with Crippen molar-refractivity contribution in [3.63, 3.8) is 0 Å². The van der Waals surface area contributed by atoms with Gasteiger partial charge >= 0.3 is 0 Å². The lowest BCUT2D eigenvalue weighted by atomic mass is 10.1. The van der Waals surface area contributed by atoms with Crippen LogP contribution >= 0.6 is 15.9 Å². The Morgan fingerprint density at radius 3 is 2.93 bits per heavy atom. The van der Waals surface area contributed by atoms with Crippen molar-refractivity contribution >= 4 is 26.8 Å². The number of halogens is 1. The lowest BCUT2D eigenvalue weighted by Gasteiger charge is -2.08. The van der Waals surface area contributed by atoms with Crippen molar-refractivity contribution in [3.05, 3.63) is 34.4 Å². The predicted octanol–water partition coefficient (Wildman–Crippen LogP) is 3.21. The lowest BCUT2D eigenvalue weighted by Crippen LogP contribution is -2.11. The van der Waals surface area contributed by atoms with Gasteiger partial charge in [0, 0.05) is 27.6 Å². The van der Waals surface area contributed by atoms with E-state index >= 15 is 0 Å². The van der Waals surface area contributed by atoms with Crippen LogP contribution in [0.1, 0.15) is 18.5 Å². The third-order valence-electron chi connectivity index (χ3n) is 2.58. The molecule has 0 aliphatic rings. The van der Waals surface area contributed by atoms with Crippen molar-refractivity contribution in [1.29, 1.82) is 0 Å². The molecule has 0 saturated heterocycles. The van der Waals surface area contributed by atoms with Gasteiger partial charge in [-0.2, -0.15) is 0 Å². The van der Waals surface area contributed by atoms with Gasteiger partial charge in [-0.25, -0.2) is 0 Å². The molecule has 3 heteroatoms. The van der Waals surface area contributed by atoms with Crippen molar-refractivity contribution in [1.82, 2.24) is 10.3 Å². The molecule has 0 spiro atoms. The molecule has 1 heterocycles. The van der Waals surface area contributed by atoms with E-state index in [9.17, 15) is 0 Å². The van der Waals surface area contributed by atoms with E-state index in [1.54, 1.807) is 0 Å². The van der Waals surface area contributed by atoms with E-state index in [-0.39, 0.29) is 0 Å². The van der Waals surface area contributed by atoms with Gasteiger partial charge in [0.05, 0.1) is 0 Å². The van der Waals surface area contributed by atoms with Crippen molar-refractivity contribution in [2.45, 2.75) is 13.0 Å². The Hall–Kier alpha value is -0.800. The summed E-state index contributed by atoms with van der Waals surface area (Å²) in [7, 11) is 1.97. The highest BCUT2D eigenvalue weighted by molar-refractivity contribution is 9.10. The summed E-state index contributed by atoms with van der Waals surface area (Å²) < 4.78 is 1.11. The van der Waals surface area contributed by atoms with Gasteiger partial charge in [0.2, 0.25) is 0 Å². The Bertz CT molecular complexity index is 447. The molecule has 0 amide bonds. The first-order valence-corrected chi connectivity index (χ1v) is 5.45. The molecular formula is C11H13BrN2. The fraction of sp³-hybridized carbons (Fsp3) is 0.273. The van der Waals surface area contributed by atoms with Gasteiger partial charge in [-0.1, -0.05) is 22.0 Å². The number of benzene rings is 1. The summed E-state index contributed by atoms with van der Waals surface area (Å²) in [5, 5.41) is 4.53. The standard InChI is InChI=1S/C11H13BrN2/c1-7(13-2)10-6-14-11-5-8(12)3-4-9(10)11/h3-7,13-14H,1-2H3. The normalized spacial score (nSPS) is 13.4. The predicted molar refractivity (Wildman–Crippen MR) is 63.5 cm³/mol. The molecule has 2 aromatic rings. The molecule has 1 aromatic carbocycles. The summed E-state index contributed by atoms with van der Waals surface area (Å²) in [6, 6.07) is 6.69. The number of hydrogen-bond acceptors (Lipinski definition) is 1. The number of fused-ring (bicyclic) bond motifs is 1. The second-order valence-corrected chi connectivity index (χ2v) is 4.36. The molecule has 1 unspecified atom stereocenters. The van der Waals surface area contributed by atoms with Crippen LogP contribution in [0.2, 0.25) is 0 Å². The van der Waals surface area contributed by atoms with Gasteiger partial charge in [-0.15, -0.1) is 0 Å². The van der Waals surface area contributed by atoms with Crippen LogP contribution in [-0.4, -0.2) is 12.0 Å². The summed E-state index contributed by atoms with van der Waals surface area (Å²) in [6.07, 6.45) is 2.07. The quantitative estimate of drug-likeness (QED) is 0.845. The molecule has 2 rings (SSSR count). The van der Waals surface area contributed by atoms with Crippen molar-refractivity contribution in [3.8, 4) is 0 Å². The molecule has 0 fully saturated rings. The molecule has 0 bridgehead atoms. The highest BCUT2D eigenvalue weighted by Gasteiger charge is 2.08. The van der Waals surface area contributed by atoms with Crippen LogP contribution in [0.15, 0.2) is 28.9 Å². The summed E-state index contributed by atoms with van der Waals surface area (Å²) in [4.78, 5) is 3.27. The topological polar surface area (TPSA) is 27.8 Å². The van der Waals surface area contributed by atoms with E-state index in [2.05, 4.69) is 57.6 Å². The Morgan fingerprint density at radius 2 is 2.21 bits per heavy atom. The number of rotatable bonds is 2. The number of nitrogens with one attached hydrogen (secondary N) is 2. The Morgan fingerprint density at radius 1 is 1.43 bits per heavy atom. The van der Waals surface area contributed by atoms with E-state index in [1.165, 1.54) is 16.5 Å². The van der Waals surface area contributed by atoms with E-state index < -0.39 is 0 Å². The molecule has 0 saturated carbocycles. The highest BCUT2D eigenvalue weighted by atomic mass is 79.9. The van der Waals surface area contributed by atoms with E-state index in [0.717, 1.165) is 4.47 Å². The first kappa shape index (κ1) is 9.74. The molecule has 0 aliphatic heterocycles. The Kier molecular flexibility index (Phi) is 2.61. The molecule has 0 radical (unpaired) electrons. The van der Waals surface area contributed by atoms with Crippen LogP contribution < -0.4 is 5.32 Å². The Labute approximate surface area is 91.8 Å². The summed E-state index contributed by atoms with van der Waals surface area (Å²) in [5.41, 5.74) is 2.49. The molecule has 0 aliphatic carbocycles. The molecule has 2 nitrogen and oxygen atoms in total. The third-order valence-corrected chi connectivity index (χ3v) is 3.07. The minimum Gasteiger partial charge on any atom is -0.361 e. The summed E-state index contributed by atoms with van der Waals surface area (Å²) >= 11 is 3.46. The monoisotopic (exact) mass is 252 g/mol. The average molecular weight is 253 g/mol. The second-order valence-electron chi connectivity index (χ2n) is 3.44. The fourth-order valence-electron chi connectivity index (χ4n) is 1.63. The largest absolute Gasteiger partial charge is 0.361 e. The first-order chi connectivity index (χ1) is 6.72. The molecule has 1 atom stereocenters. The van der Waals surface area contributed by atoms with Crippen LogP contribution in [-0.2, 0) is 0 Å². The van der Waals surface area contributed by atoms with E-state index in [1.807, 2.05) is 7.05 Å². The van der Waals surface area contributed by atoms with E-state index in [4.69, 9.17) is 0 Å². The van der Waals surface area contributed by atoms with Crippen LogP contribution in [0.25, 0.3) is 10.9 Å². The van der Waals surface area contributed by atoms with Crippen LogP contribution in [0, 0.1) is 0 Å². The summed E-state index contributed by atoms with van der Waals surface area (Å²) in [6.45, 7) is 2.16. The smallest absolute Gasteiger partial charge is 0.0468 e. The SMILES string of the molecule is CNC(C)c1c[nH]c2cc(Br)ccc12. The molecule has 2 N–H and O–H groups in total. The maximum Gasteiger partial charge on any atom is 0.0468 e. The average Bonchev–Trinajstić information content (AvgIpc) is 2.59. The first-order valence-electron chi connectivity index (χ1n) is 4.66. The van der Waals surface area contributed by atoms with Gasteiger partial charge < -0.3 is 10.3 Å². The number of hydrogen-bond donors (Lipinski definition) is 2. The second kappa shape index (κ2) is 3.75. The fourth-order valence-corrected chi connectivity index (χ4v) is 2.00. The van der Waals surface area contributed by atoms with Crippen LogP contribution in [0.3, 0.4) is 0 Å². The van der Waals surface area contributed by atoms with Gasteiger partial charge in [0.1, 0.15) is 0 Å². The number of H-pyrrole nitrogens is 1. The molecular weight excluding hydrogens is 240 g/mol. The molecule has 1 aromatic heterocycles. The Balaban J connectivity index is 2.58. The van der Waals surface area contributed by atoms with Gasteiger partial charge in [0.15, 0.2) is 0 Å². The van der Waals surface area contributed by atoms with Crippen molar-refractivity contribution in [2.24, 2.45) is 0 Å². The minimum absolute atomic E-state index is 0.380. The van der Waals surface area contributed by atoms with E-state index in [0.29, 0.717) is 6.04 Å². The third kappa shape index (κ3) is 1.57. The minimum atomic E-state index is 0.380. The summed E-state index contributed by atoms with van der Waals surface area (Å²) in [5.74, 6) is 0. The molecule has 14 heavy (non-hydrogen) atoms. The van der Waals surface area contributed by atoms with Gasteiger partial charge in [0.25, 0.3) is 0 Å². The lowest BCUT2D eigenvalue weighted by molar-refractivity contribution is 0.657. The number of aromatic amines is 1. The zero-order chi connectivity index (χ0) is 10.1. The van der Waals surface area contributed by atoms with Gasteiger partial charge in [-0.05, 0) is 31.7 Å². The zero-order valence-corrected chi connectivity index (χ0v) is 9.85.